The van der Waals surface area contributed by atoms with Crippen LogP contribution in [0.4, 0.5) is 8.78 Å². The normalized spacial score (nSPS) is 19.9. The first-order valence-electron chi connectivity index (χ1n) is 10.5. The molecule has 2 aromatic rings. The number of pyridine rings is 1. The molecule has 2 atom stereocenters. The van der Waals surface area contributed by atoms with Crippen molar-refractivity contribution in [2.45, 2.75) is 45.3 Å². The lowest BCUT2D eigenvalue weighted by Gasteiger charge is -2.40. The Morgan fingerprint density at radius 3 is 2.61 bits per heavy atom. The number of fused-ring (bicyclic) bond motifs is 2. The molecular formula is C23H25F2N3O4S. The Balaban J connectivity index is 1.67. The SMILES string of the molecule is CN(Cc1ccc(F)cc1F)C(=O)c1cn2c(c(O)c1=O)C(=O)N1C(C2)SC[C@H]1C(C)(C)C. The summed E-state index contributed by atoms with van der Waals surface area (Å²) in [6.07, 6.45) is 1.29. The Bertz CT molecular complexity index is 1210. The van der Waals surface area contributed by atoms with E-state index in [0.29, 0.717) is 12.6 Å². The van der Waals surface area contributed by atoms with E-state index in [1.807, 2.05) is 20.8 Å². The smallest absolute Gasteiger partial charge is 0.275 e. The summed E-state index contributed by atoms with van der Waals surface area (Å²) < 4.78 is 28.6. The number of carbonyl (C=O) groups excluding carboxylic acids is 2. The van der Waals surface area contributed by atoms with Crippen LogP contribution in [0.3, 0.4) is 0 Å². The summed E-state index contributed by atoms with van der Waals surface area (Å²) in [4.78, 5) is 41.9. The second kappa shape index (κ2) is 8.16. The maximum atomic E-state index is 14.0. The molecule has 1 saturated heterocycles. The number of nitrogens with zero attached hydrogens (tertiary/aromatic N) is 3. The van der Waals surface area contributed by atoms with Gasteiger partial charge in [-0.2, -0.15) is 0 Å². The van der Waals surface area contributed by atoms with Gasteiger partial charge in [0.15, 0.2) is 11.4 Å². The highest BCUT2D eigenvalue weighted by Gasteiger charge is 2.47. The van der Waals surface area contributed by atoms with Crippen LogP contribution in [0.2, 0.25) is 0 Å². The van der Waals surface area contributed by atoms with Gasteiger partial charge >= 0.3 is 0 Å². The zero-order valence-corrected chi connectivity index (χ0v) is 19.6. The minimum Gasteiger partial charge on any atom is -0.503 e. The monoisotopic (exact) mass is 477 g/mol. The number of aromatic hydroxyl groups is 1. The Morgan fingerprint density at radius 2 is 1.97 bits per heavy atom. The summed E-state index contributed by atoms with van der Waals surface area (Å²) in [5.74, 6) is -2.76. The number of hydrogen-bond acceptors (Lipinski definition) is 5. The largest absolute Gasteiger partial charge is 0.503 e. The maximum Gasteiger partial charge on any atom is 0.275 e. The molecule has 1 fully saturated rings. The molecule has 0 spiro atoms. The van der Waals surface area contributed by atoms with Gasteiger partial charge in [-0.25, -0.2) is 8.78 Å². The second-order valence-corrected chi connectivity index (χ2v) is 10.7. The zero-order valence-electron chi connectivity index (χ0n) is 18.8. The van der Waals surface area contributed by atoms with Crippen LogP contribution in [-0.4, -0.2) is 55.5 Å². The lowest BCUT2D eigenvalue weighted by atomic mass is 9.86. The molecule has 4 rings (SSSR count). The van der Waals surface area contributed by atoms with Crippen LogP contribution in [0.1, 0.15) is 47.2 Å². The number of carbonyl (C=O) groups is 2. The van der Waals surface area contributed by atoms with E-state index in [2.05, 4.69) is 0 Å². The highest BCUT2D eigenvalue weighted by molar-refractivity contribution is 8.00. The van der Waals surface area contributed by atoms with Crippen LogP contribution in [-0.2, 0) is 13.1 Å². The van der Waals surface area contributed by atoms with Crippen LogP contribution in [0.25, 0.3) is 0 Å². The molecule has 1 aromatic heterocycles. The van der Waals surface area contributed by atoms with E-state index in [0.717, 1.165) is 16.7 Å². The maximum absolute atomic E-state index is 14.0. The molecule has 7 nitrogen and oxygen atoms in total. The average molecular weight is 478 g/mol. The van der Waals surface area contributed by atoms with Crippen molar-refractivity contribution in [1.29, 1.82) is 0 Å². The molecule has 2 aliphatic heterocycles. The van der Waals surface area contributed by atoms with Gasteiger partial charge in [-0.15, -0.1) is 11.8 Å². The molecule has 2 aliphatic rings. The van der Waals surface area contributed by atoms with Crippen LogP contribution in [0.5, 0.6) is 5.75 Å². The van der Waals surface area contributed by atoms with E-state index in [1.165, 1.54) is 23.9 Å². The lowest BCUT2D eigenvalue weighted by molar-refractivity contribution is 0.0482. The molecule has 1 unspecified atom stereocenters. The van der Waals surface area contributed by atoms with E-state index in [9.17, 15) is 28.3 Å². The Hall–Kier alpha value is -2.88. The highest BCUT2D eigenvalue weighted by atomic mass is 32.2. The van der Waals surface area contributed by atoms with Crippen molar-refractivity contribution in [3.8, 4) is 5.75 Å². The van der Waals surface area contributed by atoms with E-state index >= 15 is 0 Å². The van der Waals surface area contributed by atoms with Gasteiger partial charge in [0.05, 0.1) is 11.9 Å². The summed E-state index contributed by atoms with van der Waals surface area (Å²) in [6.45, 7) is 6.24. The summed E-state index contributed by atoms with van der Waals surface area (Å²) in [5, 5.41) is 10.5. The summed E-state index contributed by atoms with van der Waals surface area (Å²) in [6, 6.07) is 2.97. The molecule has 33 heavy (non-hydrogen) atoms. The van der Waals surface area contributed by atoms with Gasteiger partial charge in [0, 0.05) is 43.2 Å². The highest BCUT2D eigenvalue weighted by Crippen LogP contribution is 2.42. The Labute approximate surface area is 194 Å². The third kappa shape index (κ3) is 4.01. The number of benzene rings is 1. The van der Waals surface area contributed by atoms with Crippen molar-refractivity contribution < 1.29 is 23.5 Å². The van der Waals surface area contributed by atoms with Crippen LogP contribution >= 0.6 is 11.8 Å². The number of amides is 2. The zero-order chi connectivity index (χ0) is 24.2. The fourth-order valence-electron chi connectivity index (χ4n) is 4.29. The standard InChI is InChI=1S/C23H25F2N3O4S/c1-23(2,3)16-11-33-17-10-27-9-14(19(29)20(30)18(27)22(32)28(16)17)21(31)26(4)8-12-5-6-13(24)7-15(12)25/h5-7,9,16-17,30H,8,10-11H2,1-4H3/t16-,17?/m0/s1. The third-order valence-corrected chi connectivity index (χ3v) is 7.41. The summed E-state index contributed by atoms with van der Waals surface area (Å²) in [5.41, 5.74) is -1.50. The molecule has 0 bridgehead atoms. The van der Waals surface area contributed by atoms with Gasteiger partial charge in [-0.05, 0) is 11.5 Å². The first-order chi connectivity index (χ1) is 15.4. The van der Waals surface area contributed by atoms with Gasteiger partial charge in [0.2, 0.25) is 5.43 Å². The van der Waals surface area contributed by atoms with Crippen molar-refractivity contribution >= 4 is 23.6 Å². The van der Waals surface area contributed by atoms with Crippen molar-refractivity contribution in [2.75, 3.05) is 12.8 Å². The van der Waals surface area contributed by atoms with Gasteiger partial charge < -0.3 is 19.5 Å². The van der Waals surface area contributed by atoms with E-state index in [-0.39, 0.29) is 40.2 Å². The van der Waals surface area contributed by atoms with Gasteiger partial charge in [-0.3, -0.25) is 14.4 Å². The quantitative estimate of drug-likeness (QED) is 0.735. The Morgan fingerprint density at radius 1 is 1.27 bits per heavy atom. The van der Waals surface area contributed by atoms with Gasteiger partial charge in [0.1, 0.15) is 17.2 Å². The number of hydrogen-bond donors (Lipinski definition) is 1. The van der Waals surface area contributed by atoms with E-state index in [1.54, 1.807) is 16.7 Å². The molecule has 176 valence electrons. The van der Waals surface area contributed by atoms with Crippen molar-refractivity contribution in [2.24, 2.45) is 5.41 Å². The number of halogens is 2. The molecule has 0 aliphatic carbocycles. The van der Waals surface area contributed by atoms with Crippen molar-refractivity contribution in [3.63, 3.8) is 0 Å². The summed E-state index contributed by atoms with van der Waals surface area (Å²) >= 11 is 1.62. The van der Waals surface area contributed by atoms with Gasteiger partial charge in [0.25, 0.3) is 11.8 Å². The van der Waals surface area contributed by atoms with Crippen LogP contribution < -0.4 is 5.43 Å². The van der Waals surface area contributed by atoms with Crippen molar-refractivity contribution in [3.05, 3.63) is 63.1 Å². The first kappa shape index (κ1) is 23.3. The average Bonchev–Trinajstić information content (AvgIpc) is 3.17. The topological polar surface area (TPSA) is 82.8 Å². The van der Waals surface area contributed by atoms with Crippen molar-refractivity contribution in [1.82, 2.24) is 14.4 Å². The molecule has 1 N–H and O–H groups in total. The molecule has 2 amide bonds. The number of thioether (sulfide) groups is 1. The molecule has 10 heteroatoms. The fourth-order valence-corrected chi connectivity index (χ4v) is 6.02. The second-order valence-electron chi connectivity index (χ2n) is 9.50. The minimum absolute atomic E-state index is 0.0544. The van der Waals surface area contributed by atoms with Gasteiger partial charge in [-0.1, -0.05) is 26.8 Å². The predicted molar refractivity (Wildman–Crippen MR) is 120 cm³/mol. The van der Waals surface area contributed by atoms with Crippen LogP contribution in [0.15, 0.2) is 29.2 Å². The summed E-state index contributed by atoms with van der Waals surface area (Å²) in [7, 11) is 1.37. The lowest BCUT2D eigenvalue weighted by Crippen LogP contribution is -2.52. The minimum atomic E-state index is -0.955. The molecule has 0 radical (unpaired) electrons. The molecule has 3 heterocycles. The number of aromatic nitrogens is 1. The van der Waals surface area contributed by atoms with E-state index in [4.69, 9.17) is 0 Å². The van der Waals surface area contributed by atoms with Crippen LogP contribution in [0, 0.1) is 17.0 Å². The Kier molecular flexibility index (Phi) is 5.76. The molecule has 1 aromatic carbocycles. The third-order valence-electron chi connectivity index (χ3n) is 6.14. The fraction of sp³-hybridized carbons (Fsp3) is 0.435. The predicted octanol–water partition coefficient (Wildman–Crippen LogP) is 3.05. The van der Waals surface area contributed by atoms with E-state index < -0.39 is 34.6 Å². The first-order valence-corrected chi connectivity index (χ1v) is 11.5. The molecule has 0 saturated carbocycles. The number of rotatable bonds is 3. The molecular weight excluding hydrogens is 452 g/mol.